The lowest BCUT2D eigenvalue weighted by molar-refractivity contribution is -0.119. The zero-order valence-corrected chi connectivity index (χ0v) is 8.45. The SMILES string of the molecule is CNCC(C)C(=O)Nc1ccccn1. The van der Waals surface area contributed by atoms with Crippen molar-refractivity contribution < 1.29 is 4.79 Å². The maximum absolute atomic E-state index is 11.5. The average Bonchev–Trinajstić information content (AvgIpc) is 2.19. The highest BCUT2D eigenvalue weighted by Gasteiger charge is 2.11. The molecule has 1 rings (SSSR count). The summed E-state index contributed by atoms with van der Waals surface area (Å²) >= 11 is 0. The van der Waals surface area contributed by atoms with Crippen molar-refractivity contribution >= 4 is 11.7 Å². The van der Waals surface area contributed by atoms with E-state index in [9.17, 15) is 4.79 Å². The number of carbonyl (C=O) groups is 1. The molecule has 1 amide bonds. The van der Waals surface area contributed by atoms with Gasteiger partial charge in [0.2, 0.25) is 5.91 Å². The van der Waals surface area contributed by atoms with E-state index in [1.165, 1.54) is 0 Å². The Kier molecular flexibility index (Phi) is 4.07. The van der Waals surface area contributed by atoms with Crippen LogP contribution in [0.4, 0.5) is 5.82 Å². The molecule has 1 heterocycles. The Morgan fingerprint density at radius 2 is 2.36 bits per heavy atom. The van der Waals surface area contributed by atoms with Gasteiger partial charge in [0.25, 0.3) is 0 Å². The molecule has 1 unspecified atom stereocenters. The minimum absolute atomic E-state index is 0.0157. The Balaban J connectivity index is 2.49. The van der Waals surface area contributed by atoms with Gasteiger partial charge in [-0.25, -0.2) is 4.98 Å². The molecule has 0 saturated heterocycles. The topological polar surface area (TPSA) is 54.0 Å². The number of amides is 1. The van der Waals surface area contributed by atoms with Gasteiger partial charge >= 0.3 is 0 Å². The summed E-state index contributed by atoms with van der Waals surface area (Å²) < 4.78 is 0. The van der Waals surface area contributed by atoms with Crippen molar-refractivity contribution in [2.75, 3.05) is 18.9 Å². The molecule has 0 aliphatic rings. The number of carbonyl (C=O) groups excluding carboxylic acids is 1. The third kappa shape index (κ3) is 3.14. The number of rotatable bonds is 4. The highest BCUT2D eigenvalue weighted by molar-refractivity contribution is 5.91. The maximum atomic E-state index is 11.5. The van der Waals surface area contributed by atoms with E-state index in [4.69, 9.17) is 0 Å². The van der Waals surface area contributed by atoms with Crippen LogP contribution in [0.15, 0.2) is 24.4 Å². The molecule has 0 aromatic carbocycles. The Morgan fingerprint density at radius 1 is 1.57 bits per heavy atom. The molecule has 0 fully saturated rings. The standard InChI is InChI=1S/C10H15N3O/c1-8(7-11-2)10(14)13-9-5-3-4-6-12-9/h3-6,8,11H,7H2,1-2H3,(H,12,13,14). The van der Waals surface area contributed by atoms with E-state index in [2.05, 4.69) is 15.6 Å². The highest BCUT2D eigenvalue weighted by Crippen LogP contribution is 2.03. The summed E-state index contributed by atoms with van der Waals surface area (Å²) in [5.74, 6) is 0.528. The van der Waals surface area contributed by atoms with E-state index in [0.29, 0.717) is 12.4 Å². The van der Waals surface area contributed by atoms with Gasteiger partial charge in [0.1, 0.15) is 5.82 Å². The number of anilines is 1. The van der Waals surface area contributed by atoms with Gasteiger partial charge in [-0.05, 0) is 19.2 Å². The molecule has 76 valence electrons. The van der Waals surface area contributed by atoms with Gasteiger partial charge in [-0.2, -0.15) is 0 Å². The number of nitrogens with zero attached hydrogens (tertiary/aromatic N) is 1. The van der Waals surface area contributed by atoms with Crippen LogP contribution in [-0.2, 0) is 4.79 Å². The third-order valence-electron chi connectivity index (χ3n) is 1.87. The summed E-state index contributed by atoms with van der Waals surface area (Å²) in [5.41, 5.74) is 0. The van der Waals surface area contributed by atoms with Crippen molar-refractivity contribution in [3.8, 4) is 0 Å². The Hall–Kier alpha value is -1.42. The Morgan fingerprint density at radius 3 is 2.93 bits per heavy atom. The van der Waals surface area contributed by atoms with Crippen LogP contribution < -0.4 is 10.6 Å². The minimum Gasteiger partial charge on any atom is -0.319 e. The maximum Gasteiger partial charge on any atom is 0.229 e. The molecule has 4 heteroatoms. The second-order valence-corrected chi connectivity index (χ2v) is 3.16. The zero-order valence-electron chi connectivity index (χ0n) is 8.45. The fraction of sp³-hybridized carbons (Fsp3) is 0.400. The summed E-state index contributed by atoms with van der Waals surface area (Å²) in [4.78, 5) is 15.5. The smallest absolute Gasteiger partial charge is 0.229 e. The molecule has 14 heavy (non-hydrogen) atoms. The van der Waals surface area contributed by atoms with Crippen LogP contribution in [0.25, 0.3) is 0 Å². The first-order valence-electron chi connectivity index (χ1n) is 4.60. The first-order valence-corrected chi connectivity index (χ1v) is 4.60. The predicted octanol–water partition coefficient (Wildman–Crippen LogP) is 0.876. The summed E-state index contributed by atoms with van der Waals surface area (Å²) in [6.45, 7) is 2.54. The largest absolute Gasteiger partial charge is 0.319 e. The fourth-order valence-electron chi connectivity index (χ4n) is 1.09. The van der Waals surface area contributed by atoms with Crippen LogP contribution in [0.3, 0.4) is 0 Å². The second kappa shape index (κ2) is 5.34. The number of hydrogen-bond donors (Lipinski definition) is 2. The highest BCUT2D eigenvalue weighted by atomic mass is 16.1. The van der Waals surface area contributed by atoms with Crippen molar-refractivity contribution in [3.63, 3.8) is 0 Å². The molecule has 1 aromatic rings. The normalized spacial score (nSPS) is 12.1. The van der Waals surface area contributed by atoms with Crippen molar-refractivity contribution in [3.05, 3.63) is 24.4 Å². The van der Waals surface area contributed by atoms with Gasteiger partial charge in [0.15, 0.2) is 0 Å². The van der Waals surface area contributed by atoms with Gasteiger partial charge in [-0.15, -0.1) is 0 Å². The van der Waals surface area contributed by atoms with Gasteiger partial charge < -0.3 is 10.6 Å². The zero-order chi connectivity index (χ0) is 10.4. The molecule has 0 radical (unpaired) electrons. The molecule has 4 nitrogen and oxygen atoms in total. The van der Waals surface area contributed by atoms with E-state index in [-0.39, 0.29) is 11.8 Å². The van der Waals surface area contributed by atoms with Crippen LogP contribution in [0.1, 0.15) is 6.92 Å². The average molecular weight is 193 g/mol. The van der Waals surface area contributed by atoms with Crippen LogP contribution >= 0.6 is 0 Å². The van der Waals surface area contributed by atoms with Crippen molar-refractivity contribution in [2.24, 2.45) is 5.92 Å². The number of pyridine rings is 1. The van der Waals surface area contributed by atoms with E-state index in [1.807, 2.05) is 26.1 Å². The van der Waals surface area contributed by atoms with E-state index in [1.54, 1.807) is 12.3 Å². The third-order valence-corrected chi connectivity index (χ3v) is 1.87. The van der Waals surface area contributed by atoms with Crippen LogP contribution in [-0.4, -0.2) is 24.5 Å². The van der Waals surface area contributed by atoms with Gasteiger partial charge in [0, 0.05) is 18.7 Å². The Labute approximate surface area is 83.7 Å². The van der Waals surface area contributed by atoms with E-state index < -0.39 is 0 Å². The number of hydrogen-bond acceptors (Lipinski definition) is 3. The summed E-state index contributed by atoms with van der Waals surface area (Å²) in [7, 11) is 1.82. The lowest BCUT2D eigenvalue weighted by atomic mass is 10.1. The molecule has 1 atom stereocenters. The fourth-order valence-corrected chi connectivity index (χ4v) is 1.09. The van der Waals surface area contributed by atoms with Crippen molar-refractivity contribution in [1.29, 1.82) is 0 Å². The first kappa shape index (κ1) is 10.7. The molecular weight excluding hydrogens is 178 g/mol. The summed E-state index contributed by atoms with van der Waals surface area (Å²) in [6.07, 6.45) is 1.65. The molecule has 0 bridgehead atoms. The van der Waals surface area contributed by atoms with Gasteiger partial charge in [0.05, 0.1) is 0 Å². The van der Waals surface area contributed by atoms with E-state index in [0.717, 1.165) is 0 Å². The summed E-state index contributed by atoms with van der Waals surface area (Å²) in [5, 5.41) is 5.69. The first-order chi connectivity index (χ1) is 6.74. The predicted molar refractivity (Wildman–Crippen MR) is 56.0 cm³/mol. The lowest BCUT2D eigenvalue weighted by Crippen LogP contribution is -2.28. The molecule has 2 N–H and O–H groups in total. The molecule has 0 aliphatic heterocycles. The molecule has 0 saturated carbocycles. The summed E-state index contributed by atoms with van der Waals surface area (Å²) in [6, 6.07) is 5.42. The van der Waals surface area contributed by atoms with Crippen LogP contribution in [0.2, 0.25) is 0 Å². The number of nitrogens with one attached hydrogen (secondary N) is 2. The molecule has 0 aliphatic carbocycles. The van der Waals surface area contributed by atoms with Crippen LogP contribution in [0, 0.1) is 5.92 Å². The van der Waals surface area contributed by atoms with Crippen LogP contribution in [0.5, 0.6) is 0 Å². The second-order valence-electron chi connectivity index (χ2n) is 3.16. The van der Waals surface area contributed by atoms with Crippen molar-refractivity contribution in [2.45, 2.75) is 6.92 Å². The Bertz CT molecular complexity index is 287. The molecule has 1 aromatic heterocycles. The molecular formula is C10H15N3O. The van der Waals surface area contributed by atoms with E-state index >= 15 is 0 Å². The molecule has 0 spiro atoms. The lowest BCUT2D eigenvalue weighted by Gasteiger charge is -2.10. The quantitative estimate of drug-likeness (QED) is 0.746. The van der Waals surface area contributed by atoms with Crippen molar-refractivity contribution in [1.82, 2.24) is 10.3 Å². The van der Waals surface area contributed by atoms with Gasteiger partial charge in [-0.3, -0.25) is 4.79 Å². The minimum atomic E-state index is -0.0537. The van der Waals surface area contributed by atoms with Gasteiger partial charge in [-0.1, -0.05) is 13.0 Å². The number of aromatic nitrogens is 1. The monoisotopic (exact) mass is 193 g/mol.